The molecule has 1 aromatic heterocycles. The van der Waals surface area contributed by atoms with Gasteiger partial charge in [0, 0.05) is 30.0 Å². The van der Waals surface area contributed by atoms with Crippen LogP contribution in [-0.2, 0) is 16.1 Å². The molecule has 0 bridgehead atoms. The lowest BCUT2D eigenvalue weighted by Gasteiger charge is -2.08. The molecule has 0 radical (unpaired) electrons. The summed E-state index contributed by atoms with van der Waals surface area (Å²) in [4.78, 5) is 17.1. The quantitative estimate of drug-likeness (QED) is 0.201. The molecule has 0 atom stereocenters. The van der Waals surface area contributed by atoms with Gasteiger partial charge in [0.25, 0.3) is 0 Å². The number of hydrogen-bond donors (Lipinski definition) is 0. The van der Waals surface area contributed by atoms with Crippen molar-refractivity contribution in [3.8, 4) is 0 Å². The van der Waals surface area contributed by atoms with E-state index in [0.29, 0.717) is 12.1 Å². The first-order chi connectivity index (χ1) is 15.6. The fourth-order valence-corrected chi connectivity index (χ4v) is 3.72. The minimum atomic E-state index is -0.352. The summed E-state index contributed by atoms with van der Waals surface area (Å²) >= 11 is 0. The Labute approximate surface area is 188 Å². The Kier molecular flexibility index (Phi) is 6.34. The minimum absolute atomic E-state index is 0.275. The van der Waals surface area contributed by atoms with Gasteiger partial charge in [-0.3, -0.25) is 0 Å². The third-order valence-electron chi connectivity index (χ3n) is 5.48. The van der Waals surface area contributed by atoms with Gasteiger partial charge < -0.3 is 9.40 Å². The van der Waals surface area contributed by atoms with Gasteiger partial charge in [0.05, 0.1) is 16.9 Å². The van der Waals surface area contributed by atoms with E-state index in [2.05, 4.69) is 52.8 Å². The normalized spacial score (nSPS) is 13.7. The van der Waals surface area contributed by atoms with Crippen molar-refractivity contribution in [2.45, 2.75) is 33.6 Å². The Hall–Kier alpha value is -3.88. The summed E-state index contributed by atoms with van der Waals surface area (Å²) in [6.07, 6.45) is 11.0. The van der Waals surface area contributed by atoms with Gasteiger partial charge in [-0.25, -0.2) is 4.79 Å². The molecule has 32 heavy (non-hydrogen) atoms. The van der Waals surface area contributed by atoms with Gasteiger partial charge >= 0.3 is 5.97 Å². The van der Waals surface area contributed by atoms with E-state index in [1.807, 2.05) is 55.5 Å². The molecule has 3 aromatic rings. The zero-order chi connectivity index (χ0) is 22.5. The number of allylic oxidation sites excluding steroid dienone is 5. The average Bonchev–Trinajstić information content (AvgIpc) is 3.05. The van der Waals surface area contributed by atoms with Crippen LogP contribution in [0.4, 0.5) is 0 Å². The van der Waals surface area contributed by atoms with Crippen molar-refractivity contribution in [1.29, 1.82) is 0 Å². The van der Waals surface area contributed by atoms with Crippen molar-refractivity contribution in [2.75, 3.05) is 0 Å². The maximum Gasteiger partial charge on any atom is 0.334 e. The molecular formula is C28H26N2O2. The predicted octanol–water partition coefficient (Wildman–Crippen LogP) is 6.36. The summed E-state index contributed by atoms with van der Waals surface area (Å²) in [5.74, 6) is -0.352. The van der Waals surface area contributed by atoms with Crippen LogP contribution in [0.2, 0.25) is 0 Å². The molecule has 4 rings (SSSR count). The van der Waals surface area contributed by atoms with Crippen LogP contribution in [0.3, 0.4) is 0 Å². The number of hydrogen-bond acceptors (Lipinski definition) is 3. The Morgan fingerprint density at radius 1 is 1.03 bits per heavy atom. The van der Waals surface area contributed by atoms with E-state index in [1.165, 1.54) is 5.56 Å². The van der Waals surface area contributed by atoms with E-state index in [9.17, 15) is 4.79 Å². The lowest BCUT2D eigenvalue weighted by Crippen LogP contribution is -2.09. The Balaban J connectivity index is 1.89. The van der Waals surface area contributed by atoms with E-state index in [1.54, 1.807) is 6.92 Å². The molecule has 1 heterocycles. The number of para-hydroxylation sites is 1. The van der Waals surface area contributed by atoms with Crippen LogP contribution in [0.25, 0.3) is 16.6 Å². The number of carbonyl (C=O) groups excluding carboxylic acids is 1. The standard InChI is InChI=1S/C28H26N2O2/c1-4-28(31)32-29-26(18-22-13-7-6-12-21(22)3)25-19-30(27-16-10-9-15-24(25)27)23-14-8-5-11-20(2)17-23/h5-16,19H,4,18H2,1-3H3/b29-26+. The first-order valence-corrected chi connectivity index (χ1v) is 10.8. The van der Waals surface area contributed by atoms with Gasteiger partial charge in [-0.1, -0.05) is 78.5 Å². The molecule has 0 amide bonds. The Morgan fingerprint density at radius 3 is 2.59 bits per heavy atom. The van der Waals surface area contributed by atoms with E-state index in [-0.39, 0.29) is 12.4 Å². The van der Waals surface area contributed by atoms with Crippen molar-refractivity contribution in [3.63, 3.8) is 0 Å². The summed E-state index contributed by atoms with van der Waals surface area (Å²) in [6, 6.07) is 16.4. The van der Waals surface area contributed by atoms with Crippen LogP contribution in [0.5, 0.6) is 0 Å². The van der Waals surface area contributed by atoms with E-state index < -0.39 is 0 Å². The van der Waals surface area contributed by atoms with E-state index in [0.717, 1.165) is 33.3 Å². The third kappa shape index (κ3) is 4.56. The number of nitrogens with zero attached hydrogens (tertiary/aromatic N) is 2. The number of benzene rings is 2. The third-order valence-corrected chi connectivity index (χ3v) is 5.48. The second-order valence-electron chi connectivity index (χ2n) is 7.80. The molecule has 4 heteroatoms. The monoisotopic (exact) mass is 422 g/mol. The van der Waals surface area contributed by atoms with Gasteiger partial charge in [0.15, 0.2) is 0 Å². The summed E-state index contributed by atoms with van der Waals surface area (Å²) in [7, 11) is 0. The average molecular weight is 423 g/mol. The predicted molar refractivity (Wildman–Crippen MR) is 130 cm³/mol. The highest BCUT2D eigenvalue weighted by Crippen LogP contribution is 2.27. The topological polar surface area (TPSA) is 43.6 Å². The summed E-state index contributed by atoms with van der Waals surface area (Å²) in [5, 5.41) is 5.38. The number of carbonyl (C=O) groups is 1. The van der Waals surface area contributed by atoms with Crippen LogP contribution in [-0.4, -0.2) is 16.2 Å². The van der Waals surface area contributed by atoms with Crippen molar-refractivity contribution in [1.82, 2.24) is 4.57 Å². The second kappa shape index (κ2) is 9.51. The minimum Gasteiger partial charge on any atom is -0.318 e. The van der Waals surface area contributed by atoms with Gasteiger partial charge in [0.1, 0.15) is 0 Å². The maximum absolute atomic E-state index is 11.9. The van der Waals surface area contributed by atoms with Gasteiger partial charge in [-0.2, -0.15) is 0 Å². The number of aryl methyl sites for hydroxylation is 1. The molecule has 0 unspecified atom stereocenters. The van der Waals surface area contributed by atoms with Crippen molar-refractivity contribution < 1.29 is 9.63 Å². The number of oxime groups is 1. The van der Waals surface area contributed by atoms with Crippen LogP contribution in [0, 0.1) is 6.92 Å². The highest BCUT2D eigenvalue weighted by molar-refractivity contribution is 6.12. The molecule has 4 nitrogen and oxygen atoms in total. The molecule has 0 saturated carbocycles. The lowest BCUT2D eigenvalue weighted by molar-refractivity contribution is -0.143. The first kappa shape index (κ1) is 21.4. The van der Waals surface area contributed by atoms with Crippen LogP contribution >= 0.6 is 0 Å². The number of fused-ring (bicyclic) bond motifs is 1. The SMILES string of the molecule is CCC(=O)O/N=C(\Cc1ccccc1C)c1cn(C2=C=C(C)C=CC=C2)c2ccccc12. The molecule has 1 aliphatic rings. The first-order valence-electron chi connectivity index (χ1n) is 10.8. The molecule has 160 valence electrons. The fourth-order valence-electron chi connectivity index (χ4n) is 3.72. The van der Waals surface area contributed by atoms with Crippen molar-refractivity contribution in [3.05, 3.63) is 107 Å². The van der Waals surface area contributed by atoms with E-state index >= 15 is 0 Å². The highest BCUT2D eigenvalue weighted by Gasteiger charge is 2.17. The molecule has 1 aliphatic carbocycles. The Bertz CT molecular complexity index is 1330. The van der Waals surface area contributed by atoms with Gasteiger partial charge in [-0.05, 0) is 42.7 Å². The van der Waals surface area contributed by atoms with Crippen LogP contribution in [0.15, 0.2) is 95.5 Å². The van der Waals surface area contributed by atoms with Crippen molar-refractivity contribution in [2.24, 2.45) is 5.16 Å². The summed E-state index contributed by atoms with van der Waals surface area (Å²) in [6.45, 7) is 5.87. The lowest BCUT2D eigenvalue weighted by atomic mass is 9.98. The zero-order valence-electron chi connectivity index (χ0n) is 18.6. The largest absolute Gasteiger partial charge is 0.334 e. The van der Waals surface area contributed by atoms with Gasteiger partial charge in [0.2, 0.25) is 0 Å². The molecule has 0 saturated heterocycles. The van der Waals surface area contributed by atoms with Gasteiger partial charge in [-0.15, -0.1) is 0 Å². The Morgan fingerprint density at radius 2 is 1.78 bits per heavy atom. The van der Waals surface area contributed by atoms with Crippen LogP contribution < -0.4 is 0 Å². The molecule has 0 N–H and O–H groups in total. The highest BCUT2D eigenvalue weighted by atomic mass is 16.7. The second-order valence-corrected chi connectivity index (χ2v) is 7.80. The van der Waals surface area contributed by atoms with Crippen LogP contribution in [0.1, 0.15) is 37.0 Å². The zero-order valence-corrected chi connectivity index (χ0v) is 18.6. The molecule has 0 aliphatic heterocycles. The maximum atomic E-state index is 11.9. The fraction of sp³-hybridized carbons (Fsp3) is 0.179. The molecular weight excluding hydrogens is 396 g/mol. The number of aromatic nitrogens is 1. The molecule has 0 fully saturated rings. The summed E-state index contributed by atoms with van der Waals surface area (Å²) in [5.41, 5.74) is 10.5. The molecule has 2 aromatic carbocycles. The number of rotatable bonds is 6. The summed E-state index contributed by atoms with van der Waals surface area (Å²) < 4.78 is 2.12. The molecule has 0 spiro atoms. The van der Waals surface area contributed by atoms with E-state index in [4.69, 9.17) is 4.84 Å². The smallest absolute Gasteiger partial charge is 0.318 e. The van der Waals surface area contributed by atoms with Crippen molar-refractivity contribution >= 4 is 28.3 Å².